The van der Waals surface area contributed by atoms with Crippen LogP contribution < -0.4 is 32.2 Å². The number of rotatable bonds is 3. The number of alkyl halides is 3. The number of nitrogens with zero attached hydrogens (tertiary/aromatic N) is 4. The highest BCUT2D eigenvalue weighted by atomic mass is 19.4. The third kappa shape index (κ3) is 5.76. The number of anilines is 4. The molecule has 1 aliphatic rings. The number of pyridine rings is 1. The molecule has 2 heterocycles. The van der Waals surface area contributed by atoms with Gasteiger partial charge in [0.2, 0.25) is 5.96 Å². The van der Waals surface area contributed by atoms with Gasteiger partial charge in [-0.3, -0.25) is 10.6 Å². The lowest BCUT2D eigenvalue weighted by Crippen LogP contribution is -2.33. The van der Waals surface area contributed by atoms with Crippen LogP contribution in [0, 0.1) is 22.8 Å². The van der Waals surface area contributed by atoms with Gasteiger partial charge in [0, 0.05) is 16.8 Å². The molecule has 1 atom stereocenters. The molecule has 0 bridgehead atoms. The maximum Gasteiger partial charge on any atom is 0.573 e. The lowest BCUT2D eigenvalue weighted by Gasteiger charge is -2.28. The van der Waals surface area contributed by atoms with Crippen molar-refractivity contribution in [1.29, 1.82) is 10.5 Å². The number of nitrogens with two attached hydrogens (primary N) is 2. The smallest absolute Gasteiger partial charge is 0.444 e. The summed E-state index contributed by atoms with van der Waals surface area (Å²) in [4.78, 5) is 20.8. The zero-order valence-corrected chi connectivity index (χ0v) is 19.1. The van der Waals surface area contributed by atoms with Gasteiger partial charge in [0.15, 0.2) is 6.19 Å². The summed E-state index contributed by atoms with van der Waals surface area (Å²) in [5.74, 6) is -0.997. The first-order valence-corrected chi connectivity index (χ1v) is 10.1. The van der Waals surface area contributed by atoms with Crippen LogP contribution in [0.5, 0.6) is 5.75 Å². The van der Waals surface area contributed by atoms with Crippen molar-refractivity contribution in [2.75, 3.05) is 22.1 Å². The van der Waals surface area contributed by atoms with E-state index in [0.29, 0.717) is 0 Å². The normalized spacial score (nSPS) is 14.8. The average molecular weight is 503 g/mol. The fraction of sp³-hybridized carbons (Fsp3) is 0.286. The minimum Gasteiger partial charge on any atom is -0.444 e. The van der Waals surface area contributed by atoms with Crippen LogP contribution in [-0.4, -0.2) is 29.0 Å². The van der Waals surface area contributed by atoms with Crippen molar-refractivity contribution in [2.24, 2.45) is 4.99 Å². The molecule has 0 aliphatic carbocycles. The molecule has 1 amide bonds. The Balaban J connectivity index is 2.24. The Morgan fingerprint density at radius 2 is 1.92 bits per heavy atom. The highest BCUT2D eigenvalue weighted by molar-refractivity contribution is 5.99. The molecule has 0 saturated heterocycles. The average Bonchev–Trinajstić information content (AvgIpc) is 2.72. The number of nitrogens with one attached hydrogen (secondary N) is 3. The maximum absolute atomic E-state index is 12.9. The Bertz CT molecular complexity index is 1320. The number of hydrogen-bond acceptors (Lipinski definition) is 11. The van der Waals surface area contributed by atoms with Gasteiger partial charge in [-0.2, -0.15) is 10.5 Å². The Morgan fingerprint density at radius 1 is 1.22 bits per heavy atom. The molecule has 0 spiro atoms. The summed E-state index contributed by atoms with van der Waals surface area (Å²) >= 11 is 0. The van der Waals surface area contributed by atoms with E-state index in [0.717, 1.165) is 18.2 Å². The number of nitrogen functional groups attached to an aromatic ring is 2. The Labute approximate surface area is 202 Å². The first kappa shape index (κ1) is 25.7. The molecular formula is C21H20F3N9O3. The number of carbonyl (C=O) groups excluding carboxylic acids is 1. The summed E-state index contributed by atoms with van der Waals surface area (Å²) < 4.78 is 48.1. The maximum atomic E-state index is 12.9. The van der Waals surface area contributed by atoms with Crippen molar-refractivity contribution in [3.05, 3.63) is 34.9 Å². The number of benzene rings is 1. The lowest BCUT2D eigenvalue weighted by atomic mass is 9.93. The number of amides is 1. The summed E-state index contributed by atoms with van der Waals surface area (Å²) in [5, 5.41) is 25.9. The Kier molecular flexibility index (Phi) is 6.69. The van der Waals surface area contributed by atoms with Gasteiger partial charge in [-0.1, -0.05) is 0 Å². The lowest BCUT2D eigenvalue weighted by molar-refractivity contribution is -0.274. The topological polar surface area (TPSA) is 196 Å². The molecule has 1 aromatic carbocycles. The predicted octanol–water partition coefficient (Wildman–Crippen LogP) is 3.30. The molecule has 0 fully saturated rings. The molecule has 188 valence electrons. The van der Waals surface area contributed by atoms with Gasteiger partial charge >= 0.3 is 12.5 Å². The molecular weight excluding hydrogens is 483 g/mol. The largest absolute Gasteiger partial charge is 0.573 e. The molecule has 0 radical (unpaired) electrons. The van der Waals surface area contributed by atoms with Crippen LogP contribution in [-0.2, 0) is 4.74 Å². The number of aliphatic imine (C=N–C) groups is 1. The van der Waals surface area contributed by atoms with Crippen LogP contribution in [0.1, 0.15) is 43.5 Å². The predicted molar refractivity (Wildman–Crippen MR) is 122 cm³/mol. The van der Waals surface area contributed by atoms with Crippen molar-refractivity contribution in [2.45, 2.75) is 38.8 Å². The first-order valence-electron chi connectivity index (χ1n) is 10.1. The monoisotopic (exact) mass is 503 g/mol. The van der Waals surface area contributed by atoms with Gasteiger partial charge in [0.05, 0.1) is 5.69 Å². The number of halogens is 3. The molecule has 2 aromatic rings. The van der Waals surface area contributed by atoms with Gasteiger partial charge < -0.3 is 26.3 Å². The number of aromatic nitrogens is 1. The summed E-state index contributed by atoms with van der Waals surface area (Å²) in [7, 11) is 0. The van der Waals surface area contributed by atoms with E-state index in [1.54, 1.807) is 27.0 Å². The van der Waals surface area contributed by atoms with Crippen molar-refractivity contribution < 1.29 is 27.4 Å². The van der Waals surface area contributed by atoms with Crippen molar-refractivity contribution in [3.8, 4) is 18.0 Å². The second-order valence-electron chi connectivity index (χ2n) is 8.33. The molecule has 1 aliphatic heterocycles. The van der Waals surface area contributed by atoms with Gasteiger partial charge in [0.1, 0.15) is 40.7 Å². The third-order valence-electron chi connectivity index (χ3n) is 4.54. The number of nitriles is 2. The number of guanidine groups is 1. The van der Waals surface area contributed by atoms with Gasteiger partial charge in [-0.25, -0.2) is 14.8 Å². The minimum absolute atomic E-state index is 0.00730. The quantitative estimate of drug-likeness (QED) is 0.306. The van der Waals surface area contributed by atoms with E-state index < -0.39 is 29.8 Å². The van der Waals surface area contributed by atoms with E-state index in [-0.39, 0.29) is 45.7 Å². The molecule has 7 N–H and O–H groups in total. The zero-order valence-electron chi connectivity index (χ0n) is 19.1. The molecule has 15 heteroatoms. The number of fused-ring (bicyclic) bond motifs is 1. The summed E-state index contributed by atoms with van der Waals surface area (Å²) in [5.41, 5.74) is 10.8. The summed E-state index contributed by atoms with van der Waals surface area (Å²) in [6.45, 7) is 4.88. The molecule has 0 saturated carbocycles. The summed E-state index contributed by atoms with van der Waals surface area (Å²) in [6, 6.07) is 3.67. The van der Waals surface area contributed by atoms with E-state index in [2.05, 4.69) is 30.7 Å². The van der Waals surface area contributed by atoms with Crippen LogP contribution in [0.4, 0.5) is 41.0 Å². The van der Waals surface area contributed by atoms with Crippen LogP contribution in [0.2, 0.25) is 0 Å². The van der Waals surface area contributed by atoms with E-state index >= 15 is 0 Å². The minimum atomic E-state index is -5.01. The van der Waals surface area contributed by atoms with E-state index in [1.807, 2.05) is 6.07 Å². The Morgan fingerprint density at radius 3 is 2.50 bits per heavy atom. The van der Waals surface area contributed by atoms with Crippen molar-refractivity contribution >= 4 is 35.1 Å². The van der Waals surface area contributed by atoms with E-state index in [1.165, 1.54) is 0 Å². The van der Waals surface area contributed by atoms with Gasteiger partial charge in [-0.15, -0.1) is 13.2 Å². The SMILES string of the molecule is CC(C)(C)OC(=O)Nc1ccc(OC(F)(F)F)cc1C1N=C(NC#N)Nc2nc(N)c(C#N)c(N)c21. The molecule has 3 rings (SSSR count). The van der Waals surface area contributed by atoms with Crippen LogP contribution in [0.3, 0.4) is 0 Å². The highest BCUT2D eigenvalue weighted by Crippen LogP contribution is 2.44. The van der Waals surface area contributed by atoms with E-state index in [4.69, 9.17) is 21.5 Å². The second kappa shape index (κ2) is 9.38. The van der Waals surface area contributed by atoms with Crippen molar-refractivity contribution in [3.63, 3.8) is 0 Å². The number of ether oxygens (including phenoxy) is 2. The van der Waals surface area contributed by atoms with Crippen molar-refractivity contribution in [1.82, 2.24) is 10.3 Å². The van der Waals surface area contributed by atoms with Crippen LogP contribution in [0.25, 0.3) is 0 Å². The highest BCUT2D eigenvalue weighted by Gasteiger charge is 2.34. The summed E-state index contributed by atoms with van der Waals surface area (Å²) in [6.07, 6.45) is -4.25. The zero-order chi connectivity index (χ0) is 26.8. The Hall–Kier alpha value is -4.92. The van der Waals surface area contributed by atoms with Crippen LogP contribution in [0.15, 0.2) is 23.2 Å². The fourth-order valence-electron chi connectivity index (χ4n) is 3.30. The molecule has 36 heavy (non-hydrogen) atoms. The van der Waals surface area contributed by atoms with E-state index in [9.17, 15) is 23.2 Å². The third-order valence-corrected chi connectivity index (χ3v) is 4.54. The van der Waals surface area contributed by atoms with Crippen LogP contribution >= 0.6 is 0 Å². The molecule has 12 nitrogen and oxygen atoms in total. The number of hydrogen-bond donors (Lipinski definition) is 5. The molecule has 1 aromatic heterocycles. The second-order valence-corrected chi connectivity index (χ2v) is 8.33. The van der Waals surface area contributed by atoms with Gasteiger partial charge in [0.25, 0.3) is 0 Å². The first-order chi connectivity index (χ1) is 16.7. The number of carbonyl (C=O) groups is 1. The standard InChI is InChI=1S/C21H20F3N9O3/c1-20(2,3)36-19(34)30-12-5-4-9(35-21(22,23)24)6-10(12)15-13-14(27)11(7-25)16(28)32-17(13)33-18(31-15)29-8-26/h4-6,15H,1-3H3,(H,30,34)(H6,27,28,29,31,32,33). The van der Waals surface area contributed by atoms with Gasteiger partial charge in [-0.05, 0) is 39.0 Å². The molecule has 1 unspecified atom stereocenters. The fourth-order valence-corrected chi connectivity index (χ4v) is 3.30.